The van der Waals surface area contributed by atoms with Crippen LogP contribution in [0.15, 0.2) is 12.1 Å². The molecule has 4 nitrogen and oxygen atoms in total. The highest BCUT2D eigenvalue weighted by molar-refractivity contribution is 5.94. The van der Waals surface area contributed by atoms with Gasteiger partial charge in [0.1, 0.15) is 0 Å². The third-order valence-electron chi connectivity index (χ3n) is 2.33. The first-order valence-corrected chi connectivity index (χ1v) is 6.03. The van der Waals surface area contributed by atoms with Gasteiger partial charge in [0.15, 0.2) is 17.5 Å². The largest absolute Gasteiger partial charge is 0.354 e. The van der Waals surface area contributed by atoms with Gasteiger partial charge in [-0.25, -0.2) is 13.2 Å². The number of halogens is 3. The van der Waals surface area contributed by atoms with Gasteiger partial charge in [-0.3, -0.25) is 9.59 Å². The van der Waals surface area contributed by atoms with E-state index < -0.39 is 23.4 Å². The monoisotopic (exact) mass is 288 g/mol. The minimum atomic E-state index is -1.63. The van der Waals surface area contributed by atoms with Crippen LogP contribution in [-0.4, -0.2) is 24.4 Å². The Kier molecular flexibility index (Phi) is 5.54. The number of benzene rings is 1. The Bertz CT molecular complexity index is 495. The molecule has 0 radical (unpaired) electrons. The van der Waals surface area contributed by atoms with Crippen LogP contribution in [0.2, 0.25) is 0 Å². The van der Waals surface area contributed by atoms with Crippen molar-refractivity contribution in [3.8, 4) is 0 Å². The lowest BCUT2D eigenvalue weighted by atomic mass is 10.2. The van der Waals surface area contributed by atoms with Crippen molar-refractivity contribution in [3.63, 3.8) is 0 Å². The Hall–Kier alpha value is -2.05. The van der Waals surface area contributed by atoms with Crippen LogP contribution in [0.3, 0.4) is 0 Å². The molecule has 0 aromatic heterocycles. The zero-order valence-corrected chi connectivity index (χ0v) is 11.1. The molecule has 0 saturated heterocycles. The summed E-state index contributed by atoms with van der Waals surface area (Å²) in [5, 5.41) is 4.94. The molecule has 0 bridgehead atoms. The summed E-state index contributed by atoms with van der Waals surface area (Å²) in [5.74, 6) is -5.53. The molecule has 2 N–H and O–H groups in total. The molecule has 0 aliphatic heterocycles. The van der Waals surface area contributed by atoms with Crippen LogP contribution in [0.25, 0.3) is 0 Å². The van der Waals surface area contributed by atoms with E-state index in [0.29, 0.717) is 12.1 Å². The van der Waals surface area contributed by atoms with E-state index in [1.165, 1.54) is 0 Å². The second-order valence-corrected chi connectivity index (χ2v) is 4.48. The molecular formula is C13H15F3N2O2. The third-order valence-corrected chi connectivity index (χ3v) is 2.33. The van der Waals surface area contributed by atoms with Gasteiger partial charge in [0.2, 0.25) is 5.91 Å². The van der Waals surface area contributed by atoms with Gasteiger partial charge in [0.05, 0.1) is 0 Å². The van der Waals surface area contributed by atoms with E-state index in [9.17, 15) is 22.8 Å². The second-order valence-electron chi connectivity index (χ2n) is 4.48. The molecule has 1 aromatic carbocycles. The number of rotatable bonds is 5. The van der Waals surface area contributed by atoms with E-state index >= 15 is 0 Å². The second kappa shape index (κ2) is 6.93. The first-order chi connectivity index (χ1) is 9.31. The van der Waals surface area contributed by atoms with Crippen molar-refractivity contribution in [1.29, 1.82) is 0 Å². The maximum Gasteiger partial charge on any atom is 0.251 e. The summed E-state index contributed by atoms with van der Waals surface area (Å²) in [6, 6.07) is 1.18. The molecule has 2 amide bonds. The first kappa shape index (κ1) is 16.0. The van der Waals surface area contributed by atoms with Crippen molar-refractivity contribution in [2.75, 3.05) is 6.54 Å². The average Bonchev–Trinajstić information content (AvgIpc) is 2.34. The highest BCUT2D eigenvalue weighted by Crippen LogP contribution is 2.13. The predicted octanol–water partition coefficient (Wildman–Crippen LogP) is 1.75. The fourth-order valence-electron chi connectivity index (χ4n) is 1.47. The van der Waals surface area contributed by atoms with Crippen molar-refractivity contribution >= 4 is 11.8 Å². The molecule has 0 aliphatic rings. The molecule has 0 heterocycles. The smallest absolute Gasteiger partial charge is 0.251 e. The zero-order valence-electron chi connectivity index (χ0n) is 11.1. The molecule has 1 aromatic rings. The van der Waals surface area contributed by atoms with Gasteiger partial charge < -0.3 is 10.6 Å². The maximum absolute atomic E-state index is 12.9. The molecule has 0 fully saturated rings. The quantitative estimate of drug-likeness (QED) is 0.811. The standard InChI is InChI=1S/C13H15F3N2O2/c1-7(2)18-11(19)3-4-17-13(20)8-5-9(14)12(16)10(15)6-8/h5-7H,3-4H2,1-2H3,(H,17,20)(H,18,19). The lowest BCUT2D eigenvalue weighted by Crippen LogP contribution is -2.34. The summed E-state index contributed by atoms with van der Waals surface area (Å²) in [4.78, 5) is 22.9. The molecule has 0 aliphatic carbocycles. The number of carbonyl (C=O) groups is 2. The van der Waals surface area contributed by atoms with Gasteiger partial charge in [-0.1, -0.05) is 0 Å². The normalized spacial score (nSPS) is 10.5. The lowest BCUT2D eigenvalue weighted by Gasteiger charge is -2.09. The topological polar surface area (TPSA) is 58.2 Å². The zero-order chi connectivity index (χ0) is 15.3. The van der Waals surface area contributed by atoms with Crippen LogP contribution in [0.1, 0.15) is 30.6 Å². The van der Waals surface area contributed by atoms with Gasteiger partial charge >= 0.3 is 0 Å². The van der Waals surface area contributed by atoms with Crippen molar-refractivity contribution in [2.45, 2.75) is 26.3 Å². The fourth-order valence-corrected chi connectivity index (χ4v) is 1.47. The molecule has 0 saturated carbocycles. The van der Waals surface area contributed by atoms with Gasteiger partial charge in [-0.05, 0) is 26.0 Å². The molecule has 110 valence electrons. The minimum absolute atomic E-state index is 0.0119. The first-order valence-electron chi connectivity index (χ1n) is 6.03. The highest BCUT2D eigenvalue weighted by atomic mass is 19.2. The predicted molar refractivity (Wildman–Crippen MR) is 66.5 cm³/mol. The maximum atomic E-state index is 12.9. The van der Waals surface area contributed by atoms with E-state index in [2.05, 4.69) is 10.6 Å². The molecule has 20 heavy (non-hydrogen) atoms. The van der Waals surface area contributed by atoms with Crippen LogP contribution in [-0.2, 0) is 4.79 Å². The third kappa shape index (κ3) is 4.56. The molecular weight excluding hydrogens is 273 g/mol. The Labute approximate surface area is 114 Å². The summed E-state index contributed by atoms with van der Waals surface area (Å²) in [5.41, 5.74) is -0.342. The molecule has 0 spiro atoms. The minimum Gasteiger partial charge on any atom is -0.354 e. The number of hydrogen-bond acceptors (Lipinski definition) is 2. The number of carbonyl (C=O) groups excluding carboxylic acids is 2. The van der Waals surface area contributed by atoms with E-state index in [0.717, 1.165) is 0 Å². The van der Waals surface area contributed by atoms with Crippen LogP contribution in [0.5, 0.6) is 0 Å². The highest BCUT2D eigenvalue weighted by Gasteiger charge is 2.15. The summed E-state index contributed by atoms with van der Waals surface area (Å²) in [6.07, 6.45) is 0.0378. The summed E-state index contributed by atoms with van der Waals surface area (Å²) in [7, 11) is 0. The summed E-state index contributed by atoms with van der Waals surface area (Å²) < 4.78 is 38.6. The molecule has 0 unspecified atom stereocenters. The van der Waals surface area contributed by atoms with Crippen molar-refractivity contribution < 1.29 is 22.8 Å². The summed E-state index contributed by atoms with van der Waals surface area (Å²) in [6.45, 7) is 3.60. The summed E-state index contributed by atoms with van der Waals surface area (Å²) >= 11 is 0. The SMILES string of the molecule is CC(C)NC(=O)CCNC(=O)c1cc(F)c(F)c(F)c1. The number of hydrogen-bond donors (Lipinski definition) is 2. The Morgan fingerprint density at radius 2 is 1.70 bits per heavy atom. The molecule has 1 rings (SSSR count). The van der Waals surface area contributed by atoms with Crippen LogP contribution >= 0.6 is 0 Å². The Morgan fingerprint density at radius 1 is 1.15 bits per heavy atom. The van der Waals surface area contributed by atoms with Gasteiger partial charge in [-0.2, -0.15) is 0 Å². The molecule has 7 heteroatoms. The van der Waals surface area contributed by atoms with Crippen molar-refractivity contribution in [2.24, 2.45) is 0 Å². The van der Waals surface area contributed by atoms with E-state index in [1.54, 1.807) is 13.8 Å². The van der Waals surface area contributed by atoms with E-state index in [-0.39, 0.29) is 30.5 Å². The van der Waals surface area contributed by atoms with Gasteiger partial charge in [0, 0.05) is 24.6 Å². The van der Waals surface area contributed by atoms with Gasteiger partial charge in [-0.15, -0.1) is 0 Å². The van der Waals surface area contributed by atoms with E-state index in [1.807, 2.05) is 0 Å². The van der Waals surface area contributed by atoms with Gasteiger partial charge in [0.25, 0.3) is 5.91 Å². The average molecular weight is 288 g/mol. The van der Waals surface area contributed by atoms with Crippen LogP contribution < -0.4 is 10.6 Å². The molecule has 0 atom stereocenters. The Balaban J connectivity index is 2.54. The fraction of sp³-hybridized carbons (Fsp3) is 0.385. The number of amides is 2. The Morgan fingerprint density at radius 3 is 2.20 bits per heavy atom. The van der Waals surface area contributed by atoms with Crippen molar-refractivity contribution in [3.05, 3.63) is 35.1 Å². The van der Waals surface area contributed by atoms with E-state index in [4.69, 9.17) is 0 Å². The van der Waals surface area contributed by atoms with Crippen molar-refractivity contribution in [1.82, 2.24) is 10.6 Å². The van der Waals surface area contributed by atoms with Crippen LogP contribution in [0.4, 0.5) is 13.2 Å². The van der Waals surface area contributed by atoms with Crippen LogP contribution in [0, 0.1) is 17.5 Å². The lowest BCUT2D eigenvalue weighted by molar-refractivity contribution is -0.121. The number of nitrogens with one attached hydrogen (secondary N) is 2.